The van der Waals surface area contributed by atoms with Gasteiger partial charge < -0.3 is 11.1 Å². The number of benzene rings is 2. The van der Waals surface area contributed by atoms with Crippen molar-refractivity contribution >= 4 is 39.8 Å². The average Bonchev–Trinajstić information content (AvgIpc) is 2.46. The first-order valence-electron chi connectivity index (χ1n) is 6.34. The summed E-state index contributed by atoms with van der Waals surface area (Å²) in [6.45, 7) is 0. The Morgan fingerprint density at radius 2 is 1.81 bits per heavy atom. The highest BCUT2D eigenvalue weighted by Gasteiger charge is 2.12. The minimum Gasteiger partial charge on any atom is -0.398 e. The van der Waals surface area contributed by atoms with Gasteiger partial charge in [0.15, 0.2) is 0 Å². The third-order valence-corrected chi connectivity index (χ3v) is 3.36. The molecule has 3 aromatic rings. The molecule has 0 aliphatic heterocycles. The normalized spacial score (nSPS) is 10.5. The molecule has 1 heterocycles. The molecule has 0 atom stereocenters. The molecule has 0 fully saturated rings. The van der Waals surface area contributed by atoms with Gasteiger partial charge in [-0.2, -0.15) is 0 Å². The Morgan fingerprint density at radius 3 is 2.52 bits per heavy atom. The molecular weight excluding hydrogens is 286 g/mol. The van der Waals surface area contributed by atoms with Crippen molar-refractivity contribution in [1.82, 2.24) is 4.98 Å². The molecule has 2 aromatic carbocycles. The minimum absolute atomic E-state index is 0.312. The van der Waals surface area contributed by atoms with E-state index >= 15 is 0 Å². The molecule has 1 amide bonds. The molecule has 0 spiro atoms. The number of anilines is 2. The summed E-state index contributed by atoms with van der Waals surface area (Å²) in [6, 6.07) is 14.5. The number of rotatable bonds is 2. The molecule has 0 unspecified atom stereocenters. The van der Waals surface area contributed by atoms with Crippen LogP contribution in [0.3, 0.4) is 0 Å². The fourth-order valence-corrected chi connectivity index (χ4v) is 2.27. The number of nitrogens with two attached hydrogens (primary N) is 1. The lowest BCUT2D eigenvalue weighted by molar-refractivity contribution is 0.102. The van der Waals surface area contributed by atoms with Crippen molar-refractivity contribution in [3.8, 4) is 0 Å². The Hall–Kier alpha value is -2.59. The zero-order valence-electron chi connectivity index (χ0n) is 11.0. The van der Waals surface area contributed by atoms with Crippen LogP contribution >= 0.6 is 11.6 Å². The number of carbonyl (C=O) groups excluding carboxylic acids is 1. The zero-order chi connectivity index (χ0) is 14.8. The average molecular weight is 298 g/mol. The fourth-order valence-electron chi connectivity index (χ4n) is 2.11. The van der Waals surface area contributed by atoms with Crippen LogP contribution in [0.1, 0.15) is 10.4 Å². The Morgan fingerprint density at radius 1 is 1.10 bits per heavy atom. The molecule has 4 nitrogen and oxygen atoms in total. The lowest BCUT2D eigenvalue weighted by Gasteiger charge is -2.09. The van der Waals surface area contributed by atoms with Crippen LogP contribution in [-0.4, -0.2) is 10.9 Å². The predicted octanol–water partition coefficient (Wildman–Crippen LogP) is 3.72. The van der Waals surface area contributed by atoms with Crippen LogP contribution in [-0.2, 0) is 0 Å². The van der Waals surface area contributed by atoms with E-state index in [0.717, 1.165) is 10.8 Å². The second kappa shape index (κ2) is 5.42. The maximum atomic E-state index is 12.3. The van der Waals surface area contributed by atoms with E-state index in [0.29, 0.717) is 22.1 Å². The van der Waals surface area contributed by atoms with Gasteiger partial charge in [-0.05, 0) is 35.0 Å². The van der Waals surface area contributed by atoms with Crippen LogP contribution in [0.25, 0.3) is 10.8 Å². The van der Waals surface area contributed by atoms with Gasteiger partial charge in [0, 0.05) is 16.9 Å². The Kier molecular flexibility index (Phi) is 3.46. The number of hydrogen-bond acceptors (Lipinski definition) is 3. The number of halogens is 1. The lowest BCUT2D eigenvalue weighted by atomic mass is 10.0. The number of nitrogens with one attached hydrogen (secondary N) is 1. The van der Waals surface area contributed by atoms with Crippen molar-refractivity contribution < 1.29 is 4.79 Å². The zero-order valence-corrected chi connectivity index (χ0v) is 11.8. The number of nitrogen functional groups attached to an aromatic ring is 1. The number of aromatic nitrogens is 1. The van der Waals surface area contributed by atoms with Crippen molar-refractivity contribution in [2.45, 2.75) is 0 Å². The molecule has 0 bridgehead atoms. The molecule has 0 aliphatic carbocycles. The first-order valence-corrected chi connectivity index (χ1v) is 6.72. The first-order chi connectivity index (χ1) is 10.1. The molecule has 3 N–H and O–H groups in total. The summed E-state index contributed by atoms with van der Waals surface area (Å²) in [4.78, 5) is 16.4. The maximum absolute atomic E-state index is 12.3. The molecular formula is C16H12ClN3O. The van der Waals surface area contributed by atoms with Crippen molar-refractivity contribution in [2.75, 3.05) is 11.1 Å². The summed E-state index contributed by atoms with van der Waals surface area (Å²) in [5, 5.41) is 5.14. The summed E-state index contributed by atoms with van der Waals surface area (Å²) in [6.07, 6.45) is 1.53. The number of fused-ring (bicyclic) bond motifs is 1. The Balaban J connectivity index is 1.96. The van der Waals surface area contributed by atoms with E-state index in [2.05, 4.69) is 10.3 Å². The van der Waals surface area contributed by atoms with Crippen LogP contribution in [0.2, 0.25) is 5.02 Å². The van der Waals surface area contributed by atoms with Gasteiger partial charge in [-0.15, -0.1) is 0 Å². The van der Waals surface area contributed by atoms with Gasteiger partial charge >= 0.3 is 0 Å². The van der Waals surface area contributed by atoms with E-state index in [1.54, 1.807) is 24.3 Å². The summed E-state index contributed by atoms with van der Waals surface area (Å²) >= 11 is 5.87. The van der Waals surface area contributed by atoms with E-state index in [9.17, 15) is 4.79 Å². The summed E-state index contributed by atoms with van der Waals surface area (Å²) in [5.41, 5.74) is 6.80. The van der Waals surface area contributed by atoms with Crippen molar-refractivity contribution in [2.24, 2.45) is 0 Å². The molecule has 0 radical (unpaired) electrons. The van der Waals surface area contributed by atoms with Gasteiger partial charge in [0.05, 0.1) is 5.56 Å². The van der Waals surface area contributed by atoms with Crippen molar-refractivity contribution in [3.63, 3.8) is 0 Å². The van der Waals surface area contributed by atoms with Crippen LogP contribution in [0.4, 0.5) is 11.5 Å². The van der Waals surface area contributed by atoms with E-state index in [1.165, 1.54) is 6.20 Å². The summed E-state index contributed by atoms with van der Waals surface area (Å²) < 4.78 is 0. The second-order valence-electron chi connectivity index (χ2n) is 4.60. The fraction of sp³-hybridized carbons (Fsp3) is 0. The highest BCUT2D eigenvalue weighted by Crippen LogP contribution is 2.23. The topological polar surface area (TPSA) is 68.0 Å². The van der Waals surface area contributed by atoms with E-state index in [-0.39, 0.29) is 5.91 Å². The third-order valence-electron chi connectivity index (χ3n) is 3.13. The van der Waals surface area contributed by atoms with E-state index in [1.807, 2.05) is 24.3 Å². The molecule has 104 valence electrons. The van der Waals surface area contributed by atoms with Crippen LogP contribution in [0.15, 0.2) is 54.7 Å². The molecule has 3 rings (SSSR count). The van der Waals surface area contributed by atoms with Gasteiger partial charge in [0.1, 0.15) is 5.82 Å². The molecule has 0 saturated heterocycles. The van der Waals surface area contributed by atoms with Crippen LogP contribution < -0.4 is 11.1 Å². The number of nitrogens with zero attached hydrogens (tertiary/aromatic N) is 1. The first kappa shape index (κ1) is 13.4. The van der Waals surface area contributed by atoms with Gasteiger partial charge in [-0.3, -0.25) is 4.79 Å². The molecule has 21 heavy (non-hydrogen) atoms. The quantitative estimate of drug-likeness (QED) is 0.708. The second-order valence-corrected chi connectivity index (χ2v) is 5.04. The Bertz CT molecular complexity index is 833. The van der Waals surface area contributed by atoms with Gasteiger partial charge in [-0.1, -0.05) is 35.9 Å². The number of pyridine rings is 1. The van der Waals surface area contributed by atoms with Crippen LogP contribution in [0.5, 0.6) is 0 Å². The largest absolute Gasteiger partial charge is 0.398 e. The van der Waals surface area contributed by atoms with E-state index < -0.39 is 0 Å². The van der Waals surface area contributed by atoms with E-state index in [4.69, 9.17) is 17.3 Å². The number of hydrogen-bond donors (Lipinski definition) is 2. The van der Waals surface area contributed by atoms with Gasteiger partial charge in [-0.25, -0.2) is 4.98 Å². The maximum Gasteiger partial charge on any atom is 0.258 e. The monoisotopic (exact) mass is 297 g/mol. The summed E-state index contributed by atoms with van der Waals surface area (Å²) in [5.74, 6) is 0.0769. The summed E-state index contributed by atoms with van der Waals surface area (Å²) in [7, 11) is 0. The lowest BCUT2D eigenvalue weighted by Crippen LogP contribution is -2.14. The highest BCUT2D eigenvalue weighted by atomic mass is 35.5. The van der Waals surface area contributed by atoms with Crippen LogP contribution in [0, 0.1) is 0 Å². The van der Waals surface area contributed by atoms with Crippen molar-refractivity contribution in [3.05, 3.63) is 65.3 Å². The number of amides is 1. The Labute approximate surface area is 126 Å². The molecule has 1 aromatic heterocycles. The third kappa shape index (κ3) is 2.80. The molecule has 0 aliphatic rings. The van der Waals surface area contributed by atoms with Gasteiger partial charge in [0.2, 0.25) is 0 Å². The number of carbonyl (C=O) groups is 1. The predicted molar refractivity (Wildman–Crippen MR) is 85.6 cm³/mol. The standard InChI is InChI=1S/C16H12ClN3O/c17-12-5-6-19-15(9-12)20-16(21)13-7-10-3-1-2-4-11(10)8-14(13)18/h1-9H,18H2,(H,19,20,21). The van der Waals surface area contributed by atoms with Gasteiger partial charge in [0.25, 0.3) is 5.91 Å². The highest BCUT2D eigenvalue weighted by molar-refractivity contribution is 6.30. The minimum atomic E-state index is -0.312. The molecule has 5 heteroatoms. The SMILES string of the molecule is Nc1cc2ccccc2cc1C(=O)Nc1cc(Cl)ccn1. The molecule has 0 saturated carbocycles. The smallest absolute Gasteiger partial charge is 0.258 e. The van der Waals surface area contributed by atoms with Crippen molar-refractivity contribution in [1.29, 1.82) is 0 Å².